The van der Waals surface area contributed by atoms with Crippen molar-refractivity contribution in [3.05, 3.63) is 59.2 Å². The van der Waals surface area contributed by atoms with Crippen molar-refractivity contribution in [2.45, 2.75) is 24.4 Å². The number of carbonyl (C=O) groups excluding carboxylic acids is 1. The van der Waals surface area contributed by atoms with Crippen LogP contribution in [0.1, 0.15) is 22.3 Å². The third kappa shape index (κ3) is 3.77. The molecule has 0 spiro atoms. The van der Waals surface area contributed by atoms with Crippen LogP contribution < -0.4 is 5.11 Å². The highest BCUT2D eigenvalue weighted by molar-refractivity contribution is 7.89. The summed E-state index contributed by atoms with van der Waals surface area (Å²) in [5, 5.41) is 11.7. The van der Waals surface area contributed by atoms with Crippen LogP contribution in [0.25, 0.3) is 22.2 Å². The zero-order valence-corrected chi connectivity index (χ0v) is 17.0. The molecule has 2 aromatic carbocycles. The Labute approximate surface area is 176 Å². The molecule has 6 nitrogen and oxygen atoms in total. The van der Waals surface area contributed by atoms with Gasteiger partial charge in [-0.2, -0.15) is 4.31 Å². The van der Waals surface area contributed by atoms with Crippen molar-refractivity contribution in [1.82, 2.24) is 9.29 Å². The second-order valence-corrected chi connectivity index (χ2v) is 9.29. The predicted molar refractivity (Wildman–Crippen MR) is 104 cm³/mol. The average molecular weight is 449 g/mol. The van der Waals surface area contributed by atoms with E-state index in [2.05, 4.69) is 4.98 Å². The number of benzene rings is 2. The molecule has 1 atom stereocenters. The van der Waals surface area contributed by atoms with E-state index in [1.165, 1.54) is 24.3 Å². The Morgan fingerprint density at radius 1 is 1.16 bits per heavy atom. The van der Waals surface area contributed by atoms with Gasteiger partial charge in [0.25, 0.3) is 0 Å². The van der Waals surface area contributed by atoms with Gasteiger partial charge in [0.15, 0.2) is 0 Å². The molecule has 1 aromatic heterocycles. The Bertz CT molecular complexity index is 1300. The molecule has 1 saturated heterocycles. The van der Waals surface area contributed by atoms with Gasteiger partial charge in [0, 0.05) is 18.5 Å². The van der Waals surface area contributed by atoms with Gasteiger partial charge in [-0.15, -0.1) is 0 Å². The number of sulfonamides is 1. The Hall–Kier alpha value is -2.98. The number of halogens is 3. The standard InChI is InChI=1S/C21H17F3N2O4S/c1-11-6-19(25-18-7-12(21(27)28)2-3-15(11)18)20-16(23)8-14(9-17(20)24)31(29,30)26-5-4-13(22)10-26/h2-3,6-9,13H,4-5,10H2,1H3,(H,27,28)/p-1/t13-/m0/s1. The zero-order valence-electron chi connectivity index (χ0n) is 16.2. The Kier molecular flexibility index (Phi) is 5.22. The Morgan fingerprint density at radius 2 is 1.84 bits per heavy atom. The minimum Gasteiger partial charge on any atom is -0.545 e. The molecule has 0 aliphatic carbocycles. The number of carbonyl (C=O) groups is 1. The average Bonchev–Trinajstić information content (AvgIpc) is 3.14. The lowest BCUT2D eigenvalue weighted by molar-refractivity contribution is -0.255. The molecule has 3 aromatic rings. The van der Waals surface area contributed by atoms with Crippen LogP contribution in [-0.2, 0) is 10.0 Å². The molecular formula is C21H16F3N2O4S-. The van der Waals surface area contributed by atoms with Crippen LogP contribution in [0.5, 0.6) is 0 Å². The predicted octanol–water partition coefficient (Wildman–Crippen LogP) is 2.58. The summed E-state index contributed by atoms with van der Waals surface area (Å²) in [6, 6.07) is 6.87. The van der Waals surface area contributed by atoms with Gasteiger partial charge in [0.2, 0.25) is 10.0 Å². The van der Waals surface area contributed by atoms with Gasteiger partial charge >= 0.3 is 0 Å². The molecule has 10 heteroatoms. The van der Waals surface area contributed by atoms with Crippen LogP contribution in [0.2, 0.25) is 0 Å². The first-order valence-corrected chi connectivity index (χ1v) is 10.8. The van der Waals surface area contributed by atoms with Crippen molar-refractivity contribution in [1.29, 1.82) is 0 Å². The monoisotopic (exact) mass is 449 g/mol. The molecule has 0 bridgehead atoms. The summed E-state index contributed by atoms with van der Waals surface area (Å²) in [7, 11) is -4.25. The molecule has 0 saturated carbocycles. The summed E-state index contributed by atoms with van der Waals surface area (Å²) in [5.41, 5.74) is -0.0301. The fourth-order valence-corrected chi connectivity index (χ4v) is 5.16. The van der Waals surface area contributed by atoms with E-state index in [-0.39, 0.29) is 36.3 Å². The maximum Gasteiger partial charge on any atom is 0.243 e. The van der Waals surface area contributed by atoms with Crippen LogP contribution in [0.4, 0.5) is 13.2 Å². The number of aromatic carboxylic acids is 1. The second kappa shape index (κ2) is 7.61. The molecule has 0 radical (unpaired) electrons. The first-order valence-electron chi connectivity index (χ1n) is 9.34. The van der Waals surface area contributed by atoms with E-state index in [1.54, 1.807) is 6.92 Å². The van der Waals surface area contributed by atoms with E-state index in [0.29, 0.717) is 23.1 Å². The van der Waals surface area contributed by atoms with Crippen LogP contribution in [0.15, 0.2) is 41.3 Å². The number of aryl methyl sites for hydroxylation is 1. The SMILES string of the molecule is Cc1cc(-c2c(F)cc(S(=O)(=O)N3CC[C@H](F)C3)cc2F)nc2cc(C(=O)[O-])ccc12. The maximum absolute atomic E-state index is 14.9. The fourth-order valence-electron chi connectivity index (χ4n) is 3.66. The van der Waals surface area contributed by atoms with Crippen LogP contribution >= 0.6 is 0 Å². The lowest BCUT2D eigenvalue weighted by Crippen LogP contribution is -2.29. The number of carboxylic acid groups (broad SMARTS) is 1. The normalized spacial score (nSPS) is 17.4. The van der Waals surface area contributed by atoms with Crippen molar-refractivity contribution in [2.24, 2.45) is 0 Å². The molecule has 31 heavy (non-hydrogen) atoms. The largest absolute Gasteiger partial charge is 0.545 e. The van der Waals surface area contributed by atoms with Gasteiger partial charge in [-0.05, 0) is 48.7 Å². The Morgan fingerprint density at radius 3 is 2.42 bits per heavy atom. The van der Waals surface area contributed by atoms with Crippen LogP contribution in [0.3, 0.4) is 0 Å². The van der Waals surface area contributed by atoms with E-state index in [9.17, 15) is 31.5 Å². The van der Waals surface area contributed by atoms with Gasteiger partial charge in [0.05, 0.1) is 27.6 Å². The molecule has 1 fully saturated rings. The summed E-state index contributed by atoms with van der Waals surface area (Å²) < 4.78 is 69.3. The highest BCUT2D eigenvalue weighted by Gasteiger charge is 2.33. The second-order valence-electron chi connectivity index (χ2n) is 7.35. The number of nitrogens with zero attached hydrogens (tertiary/aromatic N) is 2. The van der Waals surface area contributed by atoms with E-state index in [0.717, 1.165) is 4.31 Å². The van der Waals surface area contributed by atoms with Gasteiger partial charge in [-0.25, -0.2) is 26.6 Å². The van der Waals surface area contributed by atoms with E-state index < -0.39 is 44.3 Å². The summed E-state index contributed by atoms with van der Waals surface area (Å²) in [4.78, 5) is 14.7. The minimum absolute atomic E-state index is 0.0242. The summed E-state index contributed by atoms with van der Waals surface area (Å²) in [6.07, 6.45) is -1.30. The third-order valence-electron chi connectivity index (χ3n) is 5.26. The quantitative estimate of drug-likeness (QED) is 0.611. The molecule has 2 heterocycles. The first-order chi connectivity index (χ1) is 14.6. The fraction of sp³-hybridized carbons (Fsp3) is 0.238. The maximum atomic E-state index is 14.9. The summed E-state index contributed by atoms with van der Waals surface area (Å²) in [5.74, 6) is -3.73. The number of rotatable bonds is 4. The van der Waals surface area contributed by atoms with E-state index >= 15 is 0 Å². The minimum atomic E-state index is -4.25. The summed E-state index contributed by atoms with van der Waals surface area (Å²) >= 11 is 0. The lowest BCUT2D eigenvalue weighted by Gasteiger charge is -2.17. The number of fused-ring (bicyclic) bond motifs is 1. The molecule has 0 N–H and O–H groups in total. The highest BCUT2D eigenvalue weighted by Crippen LogP contribution is 2.32. The number of hydrogen-bond acceptors (Lipinski definition) is 5. The number of pyridine rings is 1. The number of carboxylic acids is 1. The molecular weight excluding hydrogens is 433 g/mol. The van der Waals surface area contributed by atoms with Crippen LogP contribution in [0, 0.1) is 18.6 Å². The van der Waals surface area contributed by atoms with Gasteiger partial charge in [0.1, 0.15) is 17.8 Å². The van der Waals surface area contributed by atoms with Gasteiger partial charge < -0.3 is 9.90 Å². The van der Waals surface area contributed by atoms with Crippen molar-refractivity contribution in [3.63, 3.8) is 0 Å². The van der Waals surface area contributed by atoms with E-state index in [1.807, 2.05) is 0 Å². The molecule has 0 amide bonds. The topological polar surface area (TPSA) is 90.4 Å². The molecule has 1 aliphatic heterocycles. The van der Waals surface area contributed by atoms with Crippen molar-refractivity contribution in [3.8, 4) is 11.3 Å². The zero-order chi connectivity index (χ0) is 22.5. The van der Waals surface area contributed by atoms with Gasteiger partial charge in [-0.1, -0.05) is 12.1 Å². The molecule has 1 aliphatic rings. The number of alkyl halides is 1. The van der Waals surface area contributed by atoms with Crippen molar-refractivity contribution >= 4 is 26.9 Å². The molecule has 4 rings (SSSR count). The van der Waals surface area contributed by atoms with E-state index in [4.69, 9.17) is 0 Å². The van der Waals surface area contributed by atoms with Crippen LogP contribution in [-0.4, -0.2) is 42.9 Å². The smallest absolute Gasteiger partial charge is 0.243 e. The number of aromatic nitrogens is 1. The van der Waals surface area contributed by atoms with Gasteiger partial charge in [-0.3, -0.25) is 0 Å². The molecule has 0 unspecified atom stereocenters. The van der Waals surface area contributed by atoms with Crippen molar-refractivity contribution in [2.75, 3.05) is 13.1 Å². The summed E-state index contributed by atoms with van der Waals surface area (Å²) in [6.45, 7) is 1.24. The molecule has 162 valence electrons. The third-order valence-corrected chi connectivity index (χ3v) is 7.10. The Balaban J connectivity index is 1.82. The number of hydrogen-bond donors (Lipinski definition) is 0. The first kappa shape index (κ1) is 21.3. The highest BCUT2D eigenvalue weighted by atomic mass is 32.2. The lowest BCUT2D eigenvalue weighted by atomic mass is 10.0. The van der Waals surface area contributed by atoms with Crippen molar-refractivity contribution < 1.29 is 31.5 Å².